The first-order valence-electron chi connectivity index (χ1n) is 12.1. The van der Waals surface area contributed by atoms with Crippen LogP contribution in [0.1, 0.15) is 78.6 Å². The van der Waals surface area contributed by atoms with E-state index >= 15 is 0 Å². The molecule has 1 spiro atoms. The Kier molecular flexibility index (Phi) is 5.22. The molecule has 5 aliphatic rings. The van der Waals surface area contributed by atoms with Crippen LogP contribution in [-0.2, 0) is 14.3 Å². The predicted octanol–water partition coefficient (Wildman–Crippen LogP) is 5.68. The molecule has 1 N–H and O–H groups in total. The van der Waals surface area contributed by atoms with Gasteiger partial charge >= 0.3 is 0 Å². The normalized spacial score (nSPS) is 45.8. The van der Waals surface area contributed by atoms with Gasteiger partial charge < -0.3 is 14.6 Å². The van der Waals surface area contributed by atoms with Crippen LogP contribution in [0.25, 0.3) is 0 Å². The van der Waals surface area contributed by atoms with Crippen molar-refractivity contribution < 1.29 is 19.4 Å². The molecule has 172 valence electrons. The van der Waals surface area contributed by atoms with Gasteiger partial charge in [0, 0.05) is 35.5 Å². The summed E-state index contributed by atoms with van der Waals surface area (Å²) in [7, 11) is 0. The van der Waals surface area contributed by atoms with Crippen LogP contribution in [-0.4, -0.2) is 35.5 Å². The van der Waals surface area contributed by atoms with Gasteiger partial charge in [-0.05, 0) is 55.3 Å². The predicted molar refractivity (Wildman–Crippen MR) is 124 cm³/mol. The molecule has 5 atom stereocenters. The van der Waals surface area contributed by atoms with E-state index in [1.54, 1.807) is 0 Å². The topological polar surface area (TPSA) is 55.8 Å². The van der Waals surface area contributed by atoms with Crippen molar-refractivity contribution >= 4 is 21.7 Å². The zero-order chi connectivity index (χ0) is 22.1. The van der Waals surface area contributed by atoms with Gasteiger partial charge in [-0.15, -0.1) is 0 Å². The first-order chi connectivity index (χ1) is 14.6. The minimum Gasteiger partial charge on any atom is -0.389 e. The van der Waals surface area contributed by atoms with Crippen LogP contribution in [0.2, 0.25) is 0 Å². The number of hydrogen-bond donors (Lipinski definition) is 1. The standard InChI is InChI=1S/C26H37BrO4/c1-22(2)16-30-26(31-17-22)13-12-24(9-4-14-27)20-8-10-23(3)19(5-6-21(23)28)18(20)7-11-25(24,29)15-26/h4,8,14,18-19,29H,5-7,9-13,15-17H2,1-3H3/t18-,19-,23-,24+,25?/m0/s1. The lowest BCUT2D eigenvalue weighted by Gasteiger charge is -2.63. The Morgan fingerprint density at radius 3 is 2.61 bits per heavy atom. The van der Waals surface area contributed by atoms with Gasteiger partial charge in [0.25, 0.3) is 0 Å². The molecule has 0 bridgehead atoms. The summed E-state index contributed by atoms with van der Waals surface area (Å²) < 4.78 is 12.7. The van der Waals surface area contributed by atoms with E-state index in [2.05, 4.69) is 48.9 Å². The van der Waals surface area contributed by atoms with E-state index in [1.165, 1.54) is 5.57 Å². The minimum atomic E-state index is -0.849. The molecule has 1 saturated heterocycles. The first kappa shape index (κ1) is 22.3. The van der Waals surface area contributed by atoms with Crippen LogP contribution in [0.3, 0.4) is 0 Å². The Balaban J connectivity index is 1.51. The number of rotatable bonds is 2. The van der Waals surface area contributed by atoms with E-state index in [9.17, 15) is 9.90 Å². The molecule has 0 radical (unpaired) electrons. The molecule has 4 fully saturated rings. The van der Waals surface area contributed by atoms with Crippen molar-refractivity contribution in [2.75, 3.05) is 13.2 Å². The molecule has 5 rings (SSSR count). The van der Waals surface area contributed by atoms with Crippen molar-refractivity contribution in [1.82, 2.24) is 0 Å². The molecule has 1 aliphatic heterocycles. The van der Waals surface area contributed by atoms with E-state index in [1.807, 2.05) is 4.99 Å². The number of allylic oxidation sites excluding steroid dienone is 2. The minimum absolute atomic E-state index is 0.0180. The zero-order valence-electron chi connectivity index (χ0n) is 19.2. The Labute approximate surface area is 195 Å². The van der Waals surface area contributed by atoms with Gasteiger partial charge in [0.2, 0.25) is 0 Å². The van der Waals surface area contributed by atoms with E-state index in [-0.39, 0.29) is 16.2 Å². The molecule has 4 nitrogen and oxygen atoms in total. The van der Waals surface area contributed by atoms with Crippen LogP contribution in [0, 0.1) is 28.1 Å². The molecule has 1 heterocycles. The SMILES string of the molecule is CC1(C)COC2(CC[C@]3(CC=CBr)C4=CC[C@]5(C)C(=O)CC[C@H]5[C@@H]4CCC3(O)C2)OC1. The molecular formula is C26H37BrO4. The first-order valence-corrected chi connectivity index (χ1v) is 13.0. The number of fused-ring (bicyclic) bond motifs is 5. The number of carbonyl (C=O) groups is 1. The van der Waals surface area contributed by atoms with Crippen LogP contribution < -0.4 is 0 Å². The summed E-state index contributed by atoms with van der Waals surface area (Å²) in [6.45, 7) is 7.87. The second-order valence-electron chi connectivity index (χ2n) is 12.0. The quantitative estimate of drug-likeness (QED) is 0.503. The van der Waals surface area contributed by atoms with E-state index in [4.69, 9.17) is 9.47 Å². The number of aliphatic hydroxyl groups is 1. The number of ether oxygens (including phenoxy) is 2. The highest BCUT2D eigenvalue weighted by atomic mass is 79.9. The van der Waals surface area contributed by atoms with Crippen molar-refractivity contribution in [3.05, 3.63) is 22.7 Å². The van der Waals surface area contributed by atoms with E-state index in [0.29, 0.717) is 37.3 Å². The highest BCUT2D eigenvalue weighted by molar-refractivity contribution is 9.11. The van der Waals surface area contributed by atoms with Gasteiger partial charge in [-0.2, -0.15) is 0 Å². The maximum Gasteiger partial charge on any atom is 0.171 e. The third kappa shape index (κ3) is 3.20. The monoisotopic (exact) mass is 492 g/mol. The van der Waals surface area contributed by atoms with Crippen LogP contribution in [0.4, 0.5) is 0 Å². The fraction of sp³-hybridized carbons (Fsp3) is 0.808. The molecule has 0 aromatic carbocycles. The average Bonchev–Trinajstić information content (AvgIpc) is 3.04. The van der Waals surface area contributed by atoms with E-state index < -0.39 is 11.4 Å². The second kappa shape index (κ2) is 7.25. The van der Waals surface area contributed by atoms with Crippen molar-refractivity contribution in [1.29, 1.82) is 0 Å². The molecule has 4 aliphatic carbocycles. The van der Waals surface area contributed by atoms with Gasteiger partial charge in [0.05, 0.1) is 18.8 Å². The highest BCUT2D eigenvalue weighted by Crippen LogP contribution is 2.67. The van der Waals surface area contributed by atoms with Crippen LogP contribution in [0.15, 0.2) is 22.7 Å². The van der Waals surface area contributed by atoms with Crippen molar-refractivity contribution in [3.8, 4) is 0 Å². The summed E-state index contributed by atoms with van der Waals surface area (Å²) >= 11 is 3.46. The maximum absolute atomic E-state index is 12.7. The molecule has 5 heteroatoms. The molecular weight excluding hydrogens is 456 g/mol. The molecule has 0 aromatic rings. The summed E-state index contributed by atoms with van der Waals surface area (Å²) in [6, 6.07) is 0. The Bertz CT molecular complexity index is 821. The lowest BCUT2D eigenvalue weighted by Crippen LogP contribution is -2.65. The fourth-order valence-corrected chi connectivity index (χ4v) is 7.91. The van der Waals surface area contributed by atoms with Gasteiger partial charge in [-0.3, -0.25) is 4.79 Å². The Morgan fingerprint density at radius 2 is 1.90 bits per heavy atom. The molecule has 0 amide bonds. The largest absolute Gasteiger partial charge is 0.389 e. The van der Waals surface area contributed by atoms with Crippen molar-refractivity contribution in [2.24, 2.45) is 28.1 Å². The fourth-order valence-electron chi connectivity index (χ4n) is 7.72. The number of halogens is 1. The molecule has 3 saturated carbocycles. The van der Waals surface area contributed by atoms with Crippen molar-refractivity contribution in [3.63, 3.8) is 0 Å². The highest BCUT2D eigenvalue weighted by Gasteiger charge is 2.66. The average molecular weight is 493 g/mol. The lowest BCUT2D eigenvalue weighted by atomic mass is 9.45. The smallest absolute Gasteiger partial charge is 0.171 e. The summed E-state index contributed by atoms with van der Waals surface area (Å²) in [6.07, 6.45) is 11.8. The summed E-state index contributed by atoms with van der Waals surface area (Å²) in [5.74, 6) is 0.618. The lowest BCUT2D eigenvalue weighted by molar-refractivity contribution is -0.343. The van der Waals surface area contributed by atoms with E-state index in [0.717, 1.165) is 51.4 Å². The Hall–Kier alpha value is -0.490. The van der Waals surface area contributed by atoms with Gasteiger partial charge in [-0.25, -0.2) is 0 Å². The maximum atomic E-state index is 12.7. The van der Waals surface area contributed by atoms with Crippen LogP contribution >= 0.6 is 15.9 Å². The third-order valence-corrected chi connectivity index (χ3v) is 9.96. The summed E-state index contributed by atoms with van der Waals surface area (Å²) in [5, 5.41) is 12.3. The number of ketones is 1. The number of hydrogen-bond acceptors (Lipinski definition) is 4. The van der Waals surface area contributed by atoms with Gasteiger partial charge in [0.15, 0.2) is 5.79 Å². The summed E-state index contributed by atoms with van der Waals surface area (Å²) in [5.41, 5.74) is 0.0998. The van der Waals surface area contributed by atoms with Crippen LogP contribution in [0.5, 0.6) is 0 Å². The second-order valence-corrected chi connectivity index (χ2v) is 12.5. The third-order valence-electron chi connectivity index (χ3n) is 9.58. The van der Waals surface area contributed by atoms with Gasteiger partial charge in [0.1, 0.15) is 5.78 Å². The number of carbonyl (C=O) groups excluding carboxylic acids is 1. The molecule has 31 heavy (non-hydrogen) atoms. The molecule has 1 unspecified atom stereocenters. The summed E-state index contributed by atoms with van der Waals surface area (Å²) in [4.78, 5) is 14.7. The zero-order valence-corrected chi connectivity index (χ0v) is 20.8. The Morgan fingerprint density at radius 1 is 1.16 bits per heavy atom. The van der Waals surface area contributed by atoms with Gasteiger partial charge in [-0.1, -0.05) is 54.4 Å². The molecule has 0 aromatic heterocycles. The van der Waals surface area contributed by atoms with Crippen molar-refractivity contribution in [2.45, 2.75) is 89.9 Å². The number of Topliss-reactive ketones (excluding diaryl/α,β-unsaturated/α-hetero) is 1.